The van der Waals surface area contributed by atoms with Crippen molar-refractivity contribution < 1.29 is 24.2 Å². The molecule has 1 aromatic rings. The fraction of sp³-hybridized carbons (Fsp3) is 0.529. The summed E-state index contributed by atoms with van der Waals surface area (Å²) in [6.07, 6.45) is 0.732. The Balaban J connectivity index is 1.87. The van der Waals surface area contributed by atoms with E-state index in [4.69, 9.17) is 14.6 Å². The van der Waals surface area contributed by atoms with Crippen LogP contribution in [0.25, 0.3) is 0 Å². The van der Waals surface area contributed by atoms with E-state index in [-0.39, 0.29) is 37.5 Å². The lowest BCUT2D eigenvalue weighted by atomic mass is 9.95. The average molecular weight is 321 g/mol. The Morgan fingerprint density at radius 3 is 2.35 bits per heavy atom. The van der Waals surface area contributed by atoms with Gasteiger partial charge in [0.05, 0.1) is 6.10 Å². The summed E-state index contributed by atoms with van der Waals surface area (Å²) in [4.78, 5) is 24.6. The number of carboxylic acids is 1. The molecule has 6 heteroatoms. The zero-order valence-corrected chi connectivity index (χ0v) is 13.5. The average Bonchev–Trinajstić information content (AvgIpc) is 2.51. The number of amides is 1. The number of hydrogen-bond acceptors (Lipinski definition) is 4. The molecule has 0 saturated carbocycles. The molecule has 6 nitrogen and oxygen atoms in total. The van der Waals surface area contributed by atoms with Crippen molar-refractivity contribution in [3.63, 3.8) is 0 Å². The van der Waals surface area contributed by atoms with Crippen LogP contribution < -0.4 is 0 Å². The third-order valence-electron chi connectivity index (χ3n) is 4.02. The van der Waals surface area contributed by atoms with Gasteiger partial charge >= 0.3 is 12.1 Å². The summed E-state index contributed by atoms with van der Waals surface area (Å²) in [5, 5.41) is 8.68. The molecule has 1 heterocycles. The topological polar surface area (TPSA) is 76.1 Å². The van der Waals surface area contributed by atoms with Crippen LogP contribution in [0.4, 0.5) is 4.79 Å². The molecule has 0 aromatic heterocycles. The molecule has 1 aliphatic rings. The second kappa shape index (κ2) is 7.97. The van der Waals surface area contributed by atoms with Crippen LogP contribution in [0.2, 0.25) is 0 Å². The number of nitrogens with zero attached hydrogens (tertiary/aromatic N) is 1. The van der Waals surface area contributed by atoms with Crippen molar-refractivity contribution in [2.45, 2.75) is 51.5 Å². The predicted molar refractivity (Wildman–Crippen MR) is 84.0 cm³/mol. The number of piperidine rings is 1. The van der Waals surface area contributed by atoms with Gasteiger partial charge in [-0.1, -0.05) is 30.3 Å². The van der Waals surface area contributed by atoms with Crippen molar-refractivity contribution >= 4 is 12.1 Å². The zero-order valence-electron chi connectivity index (χ0n) is 13.5. The number of aliphatic carboxylic acids is 1. The van der Waals surface area contributed by atoms with Crippen LogP contribution in [0.3, 0.4) is 0 Å². The lowest BCUT2D eigenvalue weighted by molar-refractivity contribution is -0.146. The number of hydrogen-bond donors (Lipinski definition) is 1. The Kier molecular flexibility index (Phi) is 5.98. The highest BCUT2D eigenvalue weighted by atomic mass is 16.6. The largest absolute Gasteiger partial charge is 0.480 e. The maximum Gasteiger partial charge on any atom is 0.410 e. The standard InChI is InChI=1S/C17H23NO5/c1-12-8-15(22-11-16(19)20)9-13(2)18(12)17(21)23-10-14-6-4-3-5-7-14/h3-7,12-13,15H,8-11H2,1-2H3,(H,19,20). The van der Waals surface area contributed by atoms with Gasteiger partial charge in [-0.05, 0) is 32.3 Å². The number of benzene rings is 1. The first-order valence-electron chi connectivity index (χ1n) is 7.79. The highest BCUT2D eigenvalue weighted by molar-refractivity contribution is 5.69. The van der Waals surface area contributed by atoms with Crippen molar-refractivity contribution in [3.8, 4) is 0 Å². The minimum absolute atomic E-state index is 0.0548. The molecule has 1 fully saturated rings. The Labute approximate surface area is 136 Å². The first kappa shape index (κ1) is 17.3. The predicted octanol–water partition coefficient (Wildman–Crippen LogP) is 2.67. The van der Waals surface area contributed by atoms with Gasteiger partial charge in [-0.15, -0.1) is 0 Å². The Morgan fingerprint density at radius 1 is 1.17 bits per heavy atom. The van der Waals surface area contributed by atoms with Crippen molar-refractivity contribution in [1.29, 1.82) is 0 Å². The lowest BCUT2D eigenvalue weighted by Crippen LogP contribution is -2.52. The van der Waals surface area contributed by atoms with Gasteiger partial charge in [0.2, 0.25) is 0 Å². The van der Waals surface area contributed by atoms with Gasteiger partial charge in [-0.2, -0.15) is 0 Å². The second-order valence-electron chi connectivity index (χ2n) is 5.94. The molecule has 0 spiro atoms. The summed E-state index contributed by atoms with van der Waals surface area (Å²) in [6, 6.07) is 9.43. The minimum Gasteiger partial charge on any atom is -0.480 e. The summed E-state index contributed by atoms with van der Waals surface area (Å²) in [5.74, 6) is -0.977. The number of carbonyl (C=O) groups is 2. The van der Waals surface area contributed by atoms with Gasteiger partial charge in [-0.25, -0.2) is 9.59 Å². The Hall–Kier alpha value is -2.08. The molecule has 0 radical (unpaired) electrons. The SMILES string of the molecule is CC1CC(OCC(=O)O)CC(C)N1C(=O)OCc1ccccc1. The summed E-state index contributed by atoms with van der Waals surface area (Å²) in [5.41, 5.74) is 0.945. The molecule has 0 aliphatic carbocycles. The number of carbonyl (C=O) groups excluding carboxylic acids is 1. The van der Waals surface area contributed by atoms with Crippen LogP contribution in [0.15, 0.2) is 30.3 Å². The highest BCUT2D eigenvalue weighted by Crippen LogP contribution is 2.26. The third kappa shape index (κ3) is 4.96. The van der Waals surface area contributed by atoms with E-state index in [1.807, 2.05) is 44.2 Å². The van der Waals surface area contributed by atoms with Crippen molar-refractivity contribution in [1.82, 2.24) is 4.90 Å². The van der Waals surface area contributed by atoms with Gasteiger partial charge in [0, 0.05) is 12.1 Å². The molecule has 0 bridgehead atoms. The van der Waals surface area contributed by atoms with Gasteiger partial charge in [0.25, 0.3) is 0 Å². The van der Waals surface area contributed by atoms with E-state index < -0.39 is 5.97 Å². The van der Waals surface area contributed by atoms with Crippen molar-refractivity contribution in [2.75, 3.05) is 6.61 Å². The van der Waals surface area contributed by atoms with E-state index in [2.05, 4.69) is 0 Å². The van der Waals surface area contributed by atoms with Gasteiger partial charge in [0.1, 0.15) is 13.2 Å². The second-order valence-corrected chi connectivity index (χ2v) is 5.94. The van der Waals surface area contributed by atoms with Crippen LogP contribution in [-0.4, -0.2) is 46.9 Å². The third-order valence-corrected chi connectivity index (χ3v) is 4.02. The van der Waals surface area contributed by atoms with Gasteiger partial charge in [-0.3, -0.25) is 0 Å². The summed E-state index contributed by atoms with van der Waals surface area (Å²) >= 11 is 0. The molecule has 2 rings (SSSR count). The lowest BCUT2D eigenvalue weighted by Gasteiger charge is -2.41. The molecule has 1 saturated heterocycles. The summed E-state index contributed by atoms with van der Waals surface area (Å²) < 4.78 is 10.8. The Bertz CT molecular complexity index is 521. The normalized spacial score (nSPS) is 24.3. The number of ether oxygens (including phenoxy) is 2. The van der Waals surface area contributed by atoms with E-state index in [9.17, 15) is 9.59 Å². The van der Waals surface area contributed by atoms with E-state index >= 15 is 0 Å². The zero-order chi connectivity index (χ0) is 16.8. The molecule has 23 heavy (non-hydrogen) atoms. The molecule has 1 N–H and O–H groups in total. The fourth-order valence-corrected chi connectivity index (χ4v) is 3.00. The highest BCUT2D eigenvalue weighted by Gasteiger charge is 2.35. The van der Waals surface area contributed by atoms with E-state index in [0.717, 1.165) is 5.56 Å². The van der Waals surface area contributed by atoms with Crippen LogP contribution in [-0.2, 0) is 20.9 Å². The molecule has 1 aliphatic heterocycles. The number of likely N-dealkylation sites (tertiary alicyclic amines) is 1. The Morgan fingerprint density at radius 2 is 1.78 bits per heavy atom. The monoisotopic (exact) mass is 321 g/mol. The van der Waals surface area contributed by atoms with Crippen LogP contribution in [0.1, 0.15) is 32.3 Å². The van der Waals surface area contributed by atoms with Crippen LogP contribution >= 0.6 is 0 Å². The molecular weight excluding hydrogens is 298 g/mol. The first-order chi connectivity index (χ1) is 11.0. The molecular formula is C17H23NO5. The fourth-order valence-electron chi connectivity index (χ4n) is 3.00. The van der Waals surface area contributed by atoms with Crippen LogP contribution in [0, 0.1) is 0 Å². The molecule has 1 aromatic carbocycles. The van der Waals surface area contributed by atoms with Gasteiger partial charge in [0.15, 0.2) is 0 Å². The van der Waals surface area contributed by atoms with E-state index in [1.165, 1.54) is 0 Å². The van der Waals surface area contributed by atoms with E-state index in [0.29, 0.717) is 12.8 Å². The smallest absolute Gasteiger partial charge is 0.410 e. The number of rotatable bonds is 5. The summed E-state index contributed by atoms with van der Waals surface area (Å²) in [6.45, 7) is 3.80. The summed E-state index contributed by atoms with van der Waals surface area (Å²) in [7, 11) is 0. The quantitative estimate of drug-likeness (QED) is 0.902. The molecule has 126 valence electrons. The van der Waals surface area contributed by atoms with Crippen LogP contribution in [0.5, 0.6) is 0 Å². The maximum atomic E-state index is 12.3. The van der Waals surface area contributed by atoms with Gasteiger partial charge < -0.3 is 19.5 Å². The van der Waals surface area contributed by atoms with E-state index in [1.54, 1.807) is 4.90 Å². The number of carboxylic acid groups (broad SMARTS) is 1. The molecule has 1 amide bonds. The molecule has 2 atom stereocenters. The van der Waals surface area contributed by atoms with Crippen molar-refractivity contribution in [3.05, 3.63) is 35.9 Å². The maximum absolute atomic E-state index is 12.3. The molecule has 2 unspecified atom stereocenters. The minimum atomic E-state index is -0.977. The first-order valence-corrected chi connectivity index (χ1v) is 7.79. The van der Waals surface area contributed by atoms with Crippen molar-refractivity contribution in [2.24, 2.45) is 0 Å².